The molecular formula is C13H8BrCl2N3. The SMILES string of the molecule is ClC1=C(c2cc(Cl)n3ncc(Br)c3n2)C=CCC=C1. The number of allylic oxidation sites excluding steroid dienone is 6. The van der Waals surface area contributed by atoms with Gasteiger partial charge in [0.05, 0.1) is 16.4 Å². The number of rotatable bonds is 1. The lowest BCUT2D eigenvalue weighted by molar-refractivity contribution is 0.937. The molecule has 0 radical (unpaired) electrons. The fourth-order valence-corrected chi connectivity index (χ4v) is 2.67. The molecule has 0 saturated carbocycles. The molecule has 6 heteroatoms. The topological polar surface area (TPSA) is 30.2 Å². The van der Waals surface area contributed by atoms with Gasteiger partial charge in [0.2, 0.25) is 0 Å². The Morgan fingerprint density at radius 2 is 2.00 bits per heavy atom. The molecule has 19 heavy (non-hydrogen) atoms. The molecule has 0 aliphatic heterocycles. The Morgan fingerprint density at radius 1 is 1.21 bits per heavy atom. The highest BCUT2D eigenvalue weighted by Crippen LogP contribution is 2.28. The van der Waals surface area contributed by atoms with Gasteiger partial charge < -0.3 is 0 Å². The van der Waals surface area contributed by atoms with Crippen molar-refractivity contribution in [1.82, 2.24) is 14.6 Å². The summed E-state index contributed by atoms with van der Waals surface area (Å²) >= 11 is 15.9. The van der Waals surface area contributed by atoms with Crippen molar-refractivity contribution < 1.29 is 0 Å². The van der Waals surface area contributed by atoms with Gasteiger partial charge in [-0.25, -0.2) is 9.50 Å². The minimum Gasteiger partial charge on any atom is -0.227 e. The summed E-state index contributed by atoms with van der Waals surface area (Å²) < 4.78 is 2.36. The highest BCUT2D eigenvalue weighted by atomic mass is 79.9. The van der Waals surface area contributed by atoms with Gasteiger partial charge in [-0.3, -0.25) is 0 Å². The van der Waals surface area contributed by atoms with Gasteiger partial charge in [-0.05, 0) is 28.4 Å². The molecule has 96 valence electrons. The molecule has 0 bridgehead atoms. The molecule has 1 aliphatic rings. The Kier molecular flexibility index (Phi) is 3.48. The van der Waals surface area contributed by atoms with Gasteiger partial charge in [0.1, 0.15) is 5.15 Å². The van der Waals surface area contributed by atoms with Crippen LogP contribution in [0.5, 0.6) is 0 Å². The molecule has 1 aliphatic carbocycles. The van der Waals surface area contributed by atoms with E-state index in [9.17, 15) is 0 Å². The molecule has 0 aromatic carbocycles. The predicted octanol–water partition coefficient (Wildman–Crippen LogP) is 4.61. The van der Waals surface area contributed by atoms with E-state index in [1.165, 1.54) is 0 Å². The van der Waals surface area contributed by atoms with Gasteiger partial charge in [-0.1, -0.05) is 41.4 Å². The fourth-order valence-electron chi connectivity index (χ4n) is 1.85. The molecule has 0 amide bonds. The van der Waals surface area contributed by atoms with Gasteiger partial charge >= 0.3 is 0 Å². The standard InChI is InChI=1S/C13H8BrCl2N3/c14-9-7-17-19-12(16)6-11(18-13(9)19)8-4-2-1-3-5-10(8)15/h2-7H,1H2. The van der Waals surface area contributed by atoms with Crippen molar-refractivity contribution >= 4 is 50.4 Å². The van der Waals surface area contributed by atoms with E-state index in [2.05, 4.69) is 26.0 Å². The summed E-state index contributed by atoms with van der Waals surface area (Å²) in [5, 5.41) is 5.28. The van der Waals surface area contributed by atoms with Crippen molar-refractivity contribution in [3.63, 3.8) is 0 Å². The third-order valence-electron chi connectivity index (χ3n) is 2.74. The van der Waals surface area contributed by atoms with E-state index in [0.29, 0.717) is 15.8 Å². The van der Waals surface area contributed by atoms with Crippen LogP contribution in [-0.2, 0) is 0 Å². The maximum absolute atomic E-state index is 6.26. The second-order valence-electron chi connectivity index (χ2n) is 3.99. The van der Waals surface area contributed by atoms with Crippen LogP contribution in [0.3, 0.4) is 0 Å². The highest BCUT2D eigenvalue weighted by molar-refractivity contribution is 9.10. The van der Waals surface area contributed by atoms with E-state index in [-0.39, 0.29) is 0 Å². The normalized spacial score (nSPS) is 15.3. The quantitative estimate of drug-likeness (QED) is 0.698. The Balaban J connectivity index is 2.25. The lowest BCUT2D eigenvalue weighted by Gasteiger charge is -2.05. The lowest BCUT2D eigenvalue weighted by Crippen LogP contribution is -1.97. The summed E-state index contributed by atoms with van der Waals surface area (Å²) in [5.41, 5.74) is 2.25. The van der Waals surface area contributed by atoms with Crippen molar-refractivity contribution in [3.8, 4) is 0 Å². The minimum absolute atomic E-state index is 0.490. The monoisotopic (exact) mass is 355 g/mol. The first-order chi connectivity index (χ1) is 9.16. The molecule has 0 atom stereocenters. The molecule has 0 N–H and O–H groups in total. The van der Waals surface area contributed by atoms with Gasteiger partial charge in [0.15, 0.2) is 5.65 Å². The van der Waals surface area contributed by atoms with Gasteiger partial charge in [-0.15, -0.1) is 0 Å². The lowest BCUT2D eigenvalue weighted by atomic mass is 10.1. The molecule has 2 aromatic heterocycles. The van der Waals surface area contributed by atoms with Gasteiger partial charge in [0, 0.05) is 16.7 Å². The number of fused-ring (bicyclic) bond motifs is 1. The number of aromatic nitrogens is 3. The van der Waals surface area contributed by atoms with Crippen LogP contribution in [0, 0.1) is 0 Å². The van der Waals surface area contributed by atoms with E-state index < -0.39 is 0 Å². The minimum atomic E-state index is 0.490. The van der Waals surface area contributed by atoms with E-state index in [4.69, 9.17) is 23.2 Å². The summed E-state index contributed by atoms with van der Waals surface area (Å²) in [6, 6.07) is 1.76. The van der Waals surface area contributed by atoms with Crippen molar-refractivity contribution in [3.05, 3.63) is 56.9 Å². The van der Waals surface area contributed by atoms with Crippen LogP contribution in [-0.4, -0.2) is 14.6 Å². The largest absolute Gasteiger partial charge is 0.227 e. The van der Waals surface area contributed by atoms with Gasteiger partial charge in [-0.2, -0.15) is 5.10 Å². The third kappa shape index (κ3) is 2.36. The molecule has 3 rings (SSSR count). The van der Waals surface area contributed by atoms with E-state index >= 15 is 0 Å². The molecule has 2 heterocycles. The molecule has 0 saturated heterocycles. The van der Waals surface area contributed by atoms with Crippen LogP contribution in [0.25, 0.3) is 11.2 Å². The maximum atomic E-state index is 6.26. The zero-order chi connectivity index (χ0) is 13.4. The highest BCUT2D eigenvalue weighted by Gasteiger charge is 2.12. The number of hydrogen-bond donors (Lipinski definition) is 0. The Labute approximate surface area is 128 Å². The average molecular weight is 357 g/mol. The second-order valence-corrected chi connectivity index (χ2v) is 5.64. The van der Waals surface area contributed by atoms with Crippen LogP contribution in [0.2, 0.25) is 5.15 Å². The van der Waals surface area contributed by atoms with Gasteiger partial charge in [0.25, 0.3) is 0 Å². The number of nitrogens with zero attached hydrogens (tertiary/aromatic N) is 3. The Morgan fingerprint density at radius 3 is 2.84 bits per heavy atom. The first-order valence-electron chi connectivity index (χ1n) is 5.60. The zero-order valence-corrected chi connectivity index (χ0v) is 12.7. The molecule has 2 aromatic rings. The maximum Gasteiger partial charge on any atom is 0.171 e. The fraction of sp³-hybridized carbons (Fsp3) is 0.0769. The third-order valence-corrected chi connectivity index (χ3v) is 3.90. The summed E-state index contributed by atoms with van der Waals surface area (Å²) in [6.45, 7) is 0. The summed E-state index contributed by atoms with van der Waals surface area (Å²) in [6.07, 6.45) is 10.4. The Hall–Kier alpha value is -1.10. The zero-order valence-electron chi connectivity index (χ0n) is 9.65. The molecular weight excluding hydrogens is 349 g/mol. The van der Waals surface area contributed by atoms with Crippen molar-refractivity contribution in [2.24, 2.45) is 0 Å². The predicted molar refractivity (Wildman–Crippen MR) is 81.4 cm³/mol. The van der Waals surface area contributed by atoms with Crippen molar-refractivity contribution in [1.29, 1.82) is 0 Å². The van der Waals surface area contributed by atoms with Crippen LogP contribution in [0.1, 0.15) is 12.1 Å². The van der Waals surface area contributed by atoms with Crippen molar-refractivity contribution in [2.75, 3.05) is 0 Å². The molecule has 0 unspecified atom stereocenters. The number of hydrogen-bond acceptors (Lipinski definition) is 2. The van der Waals surface area contributed by atoms with Crippen LogP contribution in [0.4, 0.5) is 0 Å². The van der Waals surface area contributed by atoms with Crippen LogP contribution < -0.4 is 0 Å². The molecule has 0 spiro atoms. The summed E-state index contributed by atoms with van der Waals surface area (Å²) in [7, 11) is 0. The van der Waals surface area contributed by atoms with Crippen LogP contribution in [0.15, 0.2) is 46.1 Å². The van der Waals surface area contributed by atoms with E-state index in [1.54, 1.807) is 16.8 Å². The second kappa shape index (κ2) is 5.12. The van der Waals surface area contributed by atoms with E-state index in [1.807, 2.05) is 24.3 Å². The smallest absolute Gasteiger partial charge is 0.171 e. The Bertz CT molecular complexity index is 744. The summed E-state index contributed by atoms with van der Waals surface area (Å²) in [4.78, 5) is 4.55. The molecule has 3 nitrogen and oxygen atoms in total. The first-order valence-corrected chi connectivity index (χ1v) is 7.15. The molecule has 0 fully saturated rings. The number of halogens is 3. The van der Waals surface area contributed by atoms with E-state index in [0.717, 1.165) is 22.2 Å². The van der Waals surface area contributed by atoms with Crippen molar-refractivity contribution in [2.45, 2.75) is 6.42 Å². The summed E-state index contributed by atoms with van der Waals surface area (Å²) in [5.74, 6) is 0. The van der Waals surface area contributed by atoms with Crippen LogP contribution >= 0.6 is 39.1 Å². The average Bonchev–Trinajstić information content (AvgIpc) is 2.63. The first kappa shape index (κ1) is 12.9.